The minimum atomic E-state index is -0.341. The average molecular weight is 429 g/mol. The smallest absolute Gasteiger partial charge is 0.262 e. The van der Waals surface area contributed by atoms with Gasteiger partial charge in [0.05, 0.1) is 15.7 Å². The van der Waals surface area contributed by atoms with Crippen LogP contribution in [0.5, 0.6) is 5.75 Å². The highest BCUT2D eigenvalue weighted by Crippen LogP contribution is 2.37. The molecule has 10 heteroatoms. The van der Waals surface area contributed by atoms with Crippen LogP contribution in [0.1, 0.15) is 5.69 Å². The van der Waals surface area contributed by atoms with E-state index in [4.69, 9.17) is 27.9 Å². The molecule has 4 rings (SSSR count). The van der Waals surface area contributed by atoms with Gasteiger partial charge in [0.2, 0.25) is 0 Å². The van der Waals surface area contributed by atoms with Crippen LogP contribution in [-0.4, -0.2) is 37.7 Å². The summed E-state index contributed by atoms with van der Waals surface area (Å²) >= 11 is 12.5. The zero-order chi connectivity index (χ0) is 20.4. The summed E-state index contributed by atoms with van der Waals surface area (Å²) in [6.07, 6.45) is 1.48. The molecule has 1 N–H and O–H groups in total. The number of aryl methyl sites for hydroxylation is 1. The maximum atomic E-state index is 12.3. The number of anilines is 1. The van der Waals surface area contributed by atoms with Gasteiger partial charge in [-0.25, -0.2) is 9.67 Å². The van der Waals surface area contributed by atoms with Crippen molar-refractivity contribution in [2.75, 3.05) is 11.9 Å². The van der Waals surface area contributed by atoms with Gasteiger partial charge in [0, 0.05) is 16.8 Å². The molecule has 0 fully saturated rings. The van der Waals surface area contributed by atoms with Gasteiger partial charge in [-0.05, 0) is 59.8 Å². The molecule has 0 radical (unpaired) electrons. The number of carbonyl (C=O) groups excluding carboxylic acids is 1. The molecule has 0 unspecified atom stereocenters. The molecule has 146 valence electrons. The molecule has 1 amide bonds. The van der Waals surface area contributed by atoms with Crippen molar-refractivity contribution in [1.29, 1.82) is 0 Å². The van der Waals surface area contributed by atoms with Gasteiger partial charge in [-0.3, -0.25) is 4.79 Å². The third-order valence-electron chi connectivity index (χ3n) is 4.09. The van der Waals surface area contributed by atoms with Crippen molar-refractivity contribution < 1.29 is 9.53 Å². The zero-order valence-corrected chi connectivity index (χ0v) is 16.6. The maximum Gasteiger partial charge on any atom is 0.262 e. The Morgan fingerprint density at radius 3 is 2.66 bits per heavy atom. The predicted octanol–water partition coefficient (Wildman–Crippen LogP) is 3.84. The van der Waals surface area contributed by atoms with Crippen molar-refractivity contribution in [3.63, 3.8) is 0 Å². The summed E-state index contributed by atoms with van der Waals surface area (Å²) in [6, 6.07) is 12.3. The Labute approximate surface area is 175 Å². The number of fused-ring (bicyclic) bond motifs is 1. The number of amides is 1. The van der Waals surface area contributed by atoms with Gasteiger partial charge in [-0.15, -0.1) is 5.10 Å². The third kappa shape index (κ3) is 4.13. The Kier molecular flexibility index (Phi) is 5.28. The number of halogens is 2. The molecule has 2 aromatic heterocycles. The van der Waals surface area contributed by atoms with Crippen LogP contribution in [0.2, 0.25) is 10.0 Å². The van der Waals surface area contributed by atoms with Crippen molar-refractivity contribution in [3.05, 3.63) is 64.5 Å². The van der Waals surface area contributed by atoms with E-state index in [1.165, 1.54) is 11.0 Å². The number of rotatable bonds is 5. The van der Waals surface area contributed by atoms with E-state index in [0.29, 0.717) is 32.4 Å². The summed E-state index contributed by atoms with van der Waals surface area (Å²) in [4.78, 5) is 16.8. The lowest BCUT2D eigenvalue weighted by Crippen LogP contribution is -2.20. The first-order chi connectivity index (χ1) is 14.0. The molecule has 0 atom stereocenters. The Bertz CT molecular complexity index is 1180. The van der Waals surface area contributed by atoms with E-state index in [-0.39, 0.29) is 12.5 Å². The number of hydrogen-bond donors (Lipinski definition) is 1. The Balaban J connectivity index is 1.47. The van der Waals surface area contributed by atoms with E-state index >= 15 is 0 Å². The molecule has 8 nitrogen and oxygen atoms in total. The van der Waals surface area contributed by atoms with Crippen molar-refractivity contribution in [2.24, 2.45) is 0 Å². The molecule has 4 aromatic rings. The molecular formula is C19H14Cl2N6O2. The van der Waals surface area contributed by atoms with Gasteiger partial charge < -0.3 is 10.1 Å². The number of tetrazole rings is 1. The summed E-state index contributed by atoms with van der Waals surface area (Å²) < 4.78 is 7.19. The zero-order valence-electron chi connectivity index (χ0n) is 15.1. The van der Waals surface area contributed by atoms with Crippen LogP contribution in [0.4, 0.5) is 5.69 Å². The number of hydrogen-bond acceptors (Lipinski definition) is 6. The lowest BCUT2D eigenvalue weighted by molar-refractivity contribution is -0.118. The fraction of sp³-hybridized carbons (Fsp3) is 0.105. The van der Waals surface area contributed by atoms with Crippen LogP contribution in [0, 0.1) is 6.92 Å². The maximum absolute atomic E-state index is 12.3. The standard InChI is InChI=1S/C19H14Cl2N6O2/c1-11-2-7-14-15(20)8-16(21)19(18(14)23-11)29-9-17(28)24-12-3-5-13(6-4-12)27-10-22-25-26-27/h2-8,10H,9H2,1H3,(H,24,28). The predicted molar refractivity (Wildman–Crippen MR) is 110 cm³/mol. The highest BCUT2D eigenvalue weighted by atomic mass is 35.5. The number of pyridine rings is 1. The quantitative estimate of drug-likeness (QED) is 0.518. The van der Waals surface area contributed by atoms with Gasteiger partial charge >= 0.3 is 0 Å². The second-order valence-corrected chi connectivity index (χ2v) is 6.97. The summed E-state index contributed by atoms with van der Waals surface area (Å²) in [5.41, 5.74) is 2.68. The number of benzene rings is 2. The van der Waals surface area contributed by atoms with Crippen LogP contribution >= 0.6 is 23.2 Å². The van der Waals surface area contributed by atoms with Crippen molar-refractivity contribution in [2.45, 2.75) is 6.92 Å². The van der Waals surface area contributed by atoms with E-state index in [0.717, 1.165) is 11.4 Å². The highest BCUT2D eigenvalue weighted by molar-refractivity contribution is 6.39. The molecule has 0 aliphatic heterocycles. The number of carbonyl (C=O) groups is 1. The number of aromatic nitrogens is 5. The second-order valence-electron chi connectivity index (χ2n) is 6.16. The molecule has 2 aromatic carbocycles. The average Bonchev–Trinajstić information content (AvgIpc) is 3.23. The van der Waals surface area contributed by atoms with Gasteiger partial charge in [-0.1, -0.05) is 23.2 Å². The van der Waals surface area contributed by atoms with Crippen molar-refractivity contribution >= 4 is 45.7 Å². The van der Waals surface area contributed by atoms with Crippen LogP contribution < -0.4 is 10.1 Å². The third-order valence-corrected chi connectivity index (χ3v) is 4.68. The monoisotopic (exact) mass is 428 g/mol. The molecule has 0 bridgehead atoms. The molecular weight excluding hydrogens is 415 g/mol. The fourth-order valence-corrected chi connectivity index (χ4v) is 3.31. The van der Waals surface area contributed by atoms with E-state index < -0.39 is 0 Å². The van der Waals surface area contributed by atoms with E-state index in [1.54, 1.807) is 30.3 Å². The van der Waals surface area contributed by atoms with Gasteiger partial charge in [-0.2, -0.15) is 0 Å². The first kappa shape index (κ1) is 19.1. The number of ether oxygens (including phenoxy) is 1. The Hall–Kier alpha value is -3.23. The SMILES string of the molecule is Cc1ccc2c(Cl)cc(Cl)c(OCC(=O)Nc3ccc(-n4cnnn4)cc3)c2n1. The number of nitrogens with one attached hydrogen (secondary N) is 1. The molecule has 0 spiro atoms. The van der Waals surface area contributed by atoms with Crippen LogP contribution in [0.3, 0.4) is 0 Å². The molecule has 29 heavy (non-hydrogen) atoms. The summed E-state index contributed by atoms with van der Waals surface area (Å²) in [5, 5.41) is 15.2. The van der Waals surface area contributed by atoms with Gasteiger partial charge in [0.25, 0.3) is 5.91 Å². The normalized spacial score (nSPS) is 10.9. The summed E-state index contributed by atoms with van der Waals surface area (Å²) in [7, 11) is 0. The van der Waals surface area contributed by atoms with Crippen molar-refractivity contribution in [3.8, 4) is 11.4 Å². The van der Waals surface area contributed by atoms with E-state index in [1.807, 2.05) is 19.1 Å². The van der Waals surface area contributed by atoms with Crippen LogP contribution in [-0.2, 0) is 4.79 Å². The summed E-state index contributed by atoms with van der Waals surface area (Å²) in [5.74, 6) is -0.0223. The minimum Gasteiger partial charge on any atom is -0.480 e. The van der Waals surface area contributed by atoms with Gasteiger partial charge in [0.1, 0.15) is 11.8 Å². The first-order valence-electron chi connectivity index (χ1n) is 8.53. The first-order valence-corrected chi connectivity index (χ1v) is 9.28. The highest BCUT2D eigenvalue weighted by Gasteiger charge is 2.15. The Morgan fingerprint density at radius 2 is 1.93 bits per heavy atom. The topological polar surface area (TPSA) is 94.8 Å². The lowest BCUT2D eigenvalue weighted by atomic mass is 10.2. The second kappa shape index (κ2) is 8.02. The summed E-state index contributed by atoms with van der Waals surface area (Å²) in [6.45, 7) is 1.62. The largest absolute Gasteiger partial charge is 0.480 e. The Morgan fingerprint density at radius 1 is 1.14 bits per heavy atom. The fourth-order valence-electron chi connectivity index (χ4n) is 2.74. The molecule has 0 aliphatic carbocycles. The lowest BCUT2D eigenvalue weighted by Gasteiger charge is -2.12. The van der Waals surface area contributed by atoms with E-state index in [9.17, 15) is 4.79 Å². The molecule has 0 aliphatic rings. The van der Waals surface area contributed by atoms with Crippen molar-refractivity contribution in [1.82, 2.24) is 25.2 Å². The number of nitrogens with zero attached hydrogens (tertiary/aromatic N) is 5. The molecule has 0 saturated carbocycles. The molecule has 0 saturated heterocycles. The van der Waals surface area contributed by atoms with Crippen LogP contribution in [0.15, 0.2) is 48.8 Å². The van der Waals surface area contributed by atoms with E-state index in [2.05, 4.69) is 25.8 Å². The minimum absolute atomic E-state index is 0.235. The molecule has 2 heterocycles. The van der Waals surface area contributed by atoms with Gasteiger partial charge in [0.15, 0.2) is 12.4 Å². The van der Waals surface area contributed by atoms with Crippen LogP contribution in [0.25, 0.3) is 16.6 Å².